The van der Waals surface area contributed by atoms with Gasteiger partial charge in [0.05, 0.1) is 11.8 Å². The maximum Gasteiger partial charge on any atom is 0.308 e. The van der Waals surface area contributed by atoms with Crippen molar-refractivity contribution in [2.24, 2.45) is 11.8 Å². The summed E-state index contributed by atoms with van der Waals surface area (Å²) in [6, 6.07) is 5.92. The van der Waals surface area contributed by atoms with E-state index in [1.807, 2.05) is 32.0 Å². The number of nitrogens with zero attached hydrogens (tertiary/aromatic N) is 2. The Kier molecular flexibility index (Phi) is 4.79. The van der Waals surface area contributed by atoms with Crippen LogP contribution in [0.1, 0.15) is 30.4 Å². The van der Waals surface area contributed by atoms with E-state index < -0.39 is 11.9 Å². The van der Waals surface area contributed by atoms with E-state index in [9.17, 15) is 19.5 Å². The van der Waals surface area contributed by atoms with Crippen LogP contribution in [0.15, 0.2) is 18.2 Å². The molecule has 25 heavy (non-hydrogen) atoms. The normalized spacial score (nSPS) is 23.8. The van der Waals surface area contributed by atoms with Crippen molar-refractivity contribution in [1.29, 1.82) is 0 Å². The third kappa shape index (κ3) is 3.52. The summed E-state index contributed by atoms with van der Waals surface area (Å²) in [6.07, 6.45) is 1.50. The molecule has 2 fully saturated rings. The van der Waals surface area contributed by atoms with Crippen LogP contribution in [0.5, 0.6) is 0 Å². The number of carbonyl (C=O) groups is 3. The number of hydrogen-bond donors (Lipinski definition) is 1. The molecule has 6 nitrogen and oxygen atoms in total. The summed E-state index contributed by atoms with van der Waals surface area (Å²) in [5, 5.41) is 9.19. The van der Waals surface area contributed by atoms with Crippen LogP contribution in [-0.4, -0.2) is 47.4 Å². The maximum atomic E-state index is 12.8. The van der Waals surface area contributed by atoms with Crippen LogP contribution in [0.2, 0.25) is 0 Å². The van der Waals surface area contributed by atoms with Crippen molar-refractivity contribution in [3.63, 3.8) is 0 Å². The topological polar surface area (TPSA) is 77.9 Å². The van der Waals surface area contributed by atoms with Crippen LogP contribution < -0.4 is 4.90 Å². The summed E-state index contributed by atoms with van der Waals surface area (Å²) in [7, 11) is 0. The molecular weight excluding hydrogens is 320 g/mol. The van der Waals surface area contributed by atoms with Crippen LogP contribution in [0, 0.1) is 25.7 Å². The Hall–Kier alpha value is -2.37. The first-order valence-corrected chi connectivity index (χ1v) is 8.76. The lowest BCUT2D eigenvalue weighted by Crippen LogP contribution is -2.45. The van der Waals surface area contributed by atoms with E-state index in [1.54, 1.807) is 9.80 Å². The number of likely N-dealkylation sites (tertiary alicyclic amines) is 1. The Labute approximate surface area is 147 Å². The zero-order chi connectivity index (χ0) is 18.1. The average molecular weight is 344 g/mol. The van der Waals surface area contributed by atoms with E-state index in [4.69, 9.17) is 0 Å². The molecule has 1 aromatic rings. The molecule has 2 heterocycles. The molecule has 0 saturated carbocycles. The van der Waals surface area contributed by atoms with E-state index in [0.717, 1.165) is 16.8 Å². The van der Waals surface area contributed by atoms with Crippen LogP contribution >= 0.6 is 0 Å². The molecule has 0 aromatic heterocycles. The van der Waals surface area contributed by atoms with Gasteiger partial charge in [0.2, 0.25) is 11.8 Å². The lowest BCUT2D eigenvalue weighted by atomic mass is 9.96. The van der Waals surface area contributed by atoms with Gasteiger partial charge in [-0.1, -0.05) is 17.7 Å². The van der Waals surface area contributed by atoms with Crippen LogP contribution in [0.4, 0.5) is 5.69 Å². The number of carboxylic acids is 1. The fourth-order valence-corrected chi connectivity index (χ4v) is 3.85. The van der Waals surface area contributed by atoms with Crippen LogP contribution in [0.3, 0.4) is 0 Å². The van der Waals surface area contributed by atoms with Crippen molar-refractivity contribution in [3.8, 4) is 0 Å². The molecule has 3 rings (SSSR count). The Morgan fingerprint density at radius 2 is 1.92 bits per heavy atom. The van der Waals surface area contributed by atoms with Gasteiger partial charge in [-0.2, -0.15) is 0 Å². The number of carboxylic acid groups (broad SMARTS) is 1. The van der Waals surface area contributed by atoms with Gasteiger partial charge >= 0.3 is 5.97 Å². The predicted octanol–water partition coefficient (Wildman–Crippen LogP) is 1.98. The number of benzene rings is 1. The second-order valence-corrected chi connectivity index (χ2v) is 7.16. The van der Waals surface area contributed by atoms with Crippen molar-refractivity contribution in [2.75, 3.05) is 24.5 Å². The van der Waals surface area contributed by atoms with Crippen LogP contribution in [-0.2, 0) is 14.4 Å². The third-order valence-electron chi connectivity index (χ3n) is 5.20. The minimum Gasteiger partial charge on any atom is -0.481 e. The Bertz CT molecular complexity index is 715. The number of aryl methyl sites for hydroxylation is 2. The fourth-order valence-electron chi connectivity index (χ4n) is 3.85. The minimum absolute atomic E-state index is 0.0444. The molecule has 0 spiro atoms. The summed E-state index contributed by atoms with van der Waals surface area (Å²) < 4.78 is 0. The van der Waals surface area contributed by atoms with Crippen molar-refractivity contribution in [1.82, 2.24) is 4.90 Å². The molecule has 1 N–H and O–H groups in total. The maximum absolute atomic E-state index is 12.8. The Balaban J connectivity index is 1.71. The van der Waals surface area contributed by atoms with Gasteiger partial charge in [-0.3, -0.25) is 14.4 Å². The molecule has 2 saturated heterocycles. The number of amides is 2. The summed E-state index contributed by atoms with van der Waals surface area (Å²) in [4.78, 5) is 39.7. The molecule has 134 valence electrons. The van der Waals surface area contributed by atoms with Gasteiger partial charge in [-0.25, -0.2) is 0 Å². The van der Waals surface area contributed by atoms with Gasteiger partial charge in [-0.05, 0) is 38.3 Å². The van der Waals surface area contributed by atoms with Crippen LogP contribution in [0.25, 0.3) is 0 Å². The number of carbonyl (C=O) groups excluding carboxylic acids is 2. The minimum atomic E-state index is -0.850. The second-order valence-electron chi connectivity index (χ2n) is 7.16. The summed E-state index contributed by atoms with van der Waals surface area (Å²) in [5.41, 5.74) is 3.01. The molecular formula is C19H24N2O4. The highest BCUT2D eigenvalue weighted by molar-refractivity contribution is 6.00. The summed E-state index contributed by atoms with van der Waals surface area (Å²) in [5.74, 6) is -1.87. The molecule has 2 aliphatic rings. The molecule has 0 aliphatic carbocycles. The first-order chi connectivity index (χ1) is 11.9. The molecule has 0 unspecified atom stereocenters. The first kappa shape index (κ1) is 17.5. The molecule has 6 heteroatoms. The standard InChI is InChI=1S/C19H24N2O4/c1-12-5-6-16(13(2)8-12)21-11-15(9-17(21)22)18(23)20-7-3-4-14(10-20)19(24)25/h5-6,8,14-15H,3-4,7,9-11H2,1-2H3,(H,24,25)/t14-,15-/m0/s1. The molecule has 0 radical (unpaired) electrons. The molecule has 2 atom stereocenters. The van der Waals surface area contributed by atoms with E-state index in [-0.39, 0.29) is 30.7 Å². The van der Waals surface area contributed by atoms with Gasteiger partial charge < -0.3 is 14.9 Å². The Morgan fingerprint density at radius 3 is 2.60 bits per heavy atom. The SMILES string of the molecule is Cc1ccc(N2C[C@@H](C(=O)N3CCC[C@H](C(=O)O)C3)CC2=O)c(C)c1. The zero-order valence-corrected chi connectivity index (χ0v) is 14.7. The average Bonchev–Trinajstić information content (AvgIpc) is 2.96. The van der Waals surface area contributed by atoms with Gasteiger partial charge in [0.25, 0.3) is 0 Å². The van der Waals surface area contributed by atoms with E-state index in [0.29, 0.717) is 25.9 Å². The second kappa shape index (κ2) is 6.86. The molecule has 0 bridgehead atoms. The number of piperidine rings is 1. The first-order valence-electron chi connectivity index (χ1n) is 8.76. The van der Waals surface area contributed by atoms with E-state index in [2.05, 4.69) is 0 Å². The van der Waals surface area contributed by atoms with E-state index in [1.165, 1.54) is 0 Å². The van der Waals surface area contributed by atoms with Crippen molar-refractivity contribution in [3.05, 3.63) is 29.3 Å². The van der Waals surface area contributed by atoms with E-state index >= 15 is 0 Å². The highest BCUT2D eigenvalue weighted by Crippen LogP contribution is 2.30. The zero-order valence-electron chi connectivity index (χ0n) is 14.7. The smallest absolute Gasteiger partial charge is 0.308 e. The van der Waals surface area contributed by atoms with Crippen molar-refractivity contribution in [2.45, 2.75) is 33.1 Å². The fraction of sp³-hybridized carbons (Fsp3) is 0.526. The monoisotopic (exact) mass is 344 g/mol. The quantitative estimate of drug-likeness (QED) is 0.909. The van der Waals surface area contributed by atoms with Crippen molar-refractivity contribution >= 4 is 23.5 Å². The highest BCUT2D eigenvalue weighted by Gasteiger charge is 2.39. The summed E-state index contributed by atoms with van der Waals surface area (Å²) in [6.45, 7) is 5.17. The number of aliphatic carboxylic acids is 1. The lowest BCUT2D eigenvalue weighted by molar-refractivity contribution is -0.146. The largest absolute Gasteiger partial charge is 0.481 e. The van der Waals surface area contributed by atoms with Gasteiger partial charge in [0.15, 0.2) is 0 Å². The number of anilines is 1. The highest BCUT2D eigenvalue weighted by atomic mass is 16.4. The Morgan fingerprint density at radius 1 is 1.16 bits per heavy atom. The number of rotatable bonds is 3. The third-order valence-corrected chi connectivity index (χ3v) is 5.20. The number of hydrogen-bond acceptors (Lipinski definition) is 3. The molecule has 2 aliphatic heterocycles. The van der Waals surface area contributed by atoms with Gasteiger partial charge in [0, 0.05) is 31.7 Å². The van der Waals surface area contributed by atoms with Gasteiger partial charge in [0.1, 0.15) is 0 Å². The summed E-state index contributed by atoms with van der Waals surface area (Å²) >= 11 is 0. The predicted molar refractivity (Wildman–Crippen MR) is 93.3 cm³/mol. The molecule has 1 aromatic carbocycles. The van der Waals surface area contributed by atoms with Crippen molar-refractivity contribution < 1.29 is 19.5 Å². The lowest BCUT2D eigenvalue weighted by Gasteiger charge is -2.32. The van der Waals surface area contributed by atoms with Gasteiger partial charge in [-0.15, -0.1) is 0 Å². The molecule has 2 amide bonds.